The van der Waals surface area contributed by atoms with Crippen LogP contribution in [0.5, 0.6) is 17.2 Å². The van der Waals surface area contributed by atoms with Crippen molar-refractivity contribution in [2.45, 2.75) is 116 Å². The summed E-state index contributed by atoms with van der Waals surface area (Å²) in [6, 6.07) is -0.475. The van der Waals surface area contributed by atoms with Crippen molar-refractivity contribution in [1.82, 2.24) is 14.8 Å². The Balaban J connectivity index is 1.41. The summed E-state index contributed by atoms with van der Waals surface area (Å²) in [4.78, 5) is 37.4. The maximum Gasteiger partial charge on any atom is 0.333 e. The van der Waals surface area contributed by atoms with Crippen molar-refractivity contribution in [3.05, 3.63) is 64.0 Å². The highest BCUT2D eigenvalue weighted by molar-refractivity contribution is 6.14. The van der Waals surface area contributed by atoms with Crippen LogP contribution in [0.1, 0.15) is 104 Å². The first-order chi connectivity index (χ1) is 24.6. The monoisotopic (exact) mass is 708 g/mol. The number of aromatic hydroxyl groups is 1. The Kier molecular flexibility index (Phi) is 7.64. The van der Waals surface area contributed by atoms with Gasteiger partial charge in [-0.2, -0.15) is 4.98 Å². The van der Waals surface area contributed by atoms with Gasteiger partial charge < -0.3 is 24.1 Å². The number of nitrogens with zero attached hydrogens (tertiary/aromatic N) is 4. The number of hydrogen-bond donors (Lipinski definition) is 1. The van der Waals surface area contributed by atoms with E-state index in [0.717, 1.165) is 24.0 Å². The van der Waals surface area contributed by atoms with Crippen LogP contribution in [0.4, 0.5) is 5.95 Å². The zero-order valence-electron chi connectivity index (χ0n) is 31.5. The van der Waals surface area contributed by atoms with Gasteiger partial charge in [0.15, 0.2) is 17.0 Å². The minimum atomic E-state index is -1.48. The molecule has 7 atom stereocenters. The number of ether oxygens (including phenoxy) is 4. The standard InChI is InChI=1S/C41H48N4O7/c1-21(2)11-10-16-39(8)17-15-24-32(46)28-30-29-31(45-20-42-37(43-30)44-45)26-19-27-38(6,7)52-40(35(26)47,18-14-23(5)36(48)49-9)41(27,29)51-34(28)25(33(24)50-39)13-12-22(3)4/h11-12,14-15,17,20,26-27,29,31,46H,10,13,16,18-19H2,1-9H3. The van der Waals surface area contributed by atoms with E-state index in [2.05, 4.69) is 37.9 Å². The number of allylic oxidation sites excluding steroid dienone is 4. The van der Waals surface area contributed by atoms with Gasteiger partial charge in [-0.05, 0) is 93.2 Å². The summed E-state index contributed by atoms with van der Waals surface area (Å²) >= 11 is 0. The molecule has 3 saturated carbocycles. The molecular formula is C41H48N4O7. The number of Topliss-reactive ketones (excluding diaryl/α,β-unsaturated/α-hetero) is 1. The maximum atomic E-state index is 15.2. The van der Waals surface area contributed by atoms with Crippen LogP contribution in [-0.2, 0) is 25.5 Å². The molecule has 4 aliphatic heterocycles. The lowest BCUT2D eigenvalue weighted by molar-refractivity contribution is -0.206. The highest BCUT2D eigenvalue weighted by Crippen LogP contribution is 2.73. The average molecular weight is 709 g/mol. The molecule has 4 fully saturated rings. The molecule has 7 unspecified atom stereocenters. The van der Waals surface area contributed by atoms with Gasteiger partial charge in [0.05, 0.1) is 41.5 Å². The number of aromatic nitrogens is 3. The van der Waals surface area contributed by atoms with Crippen LogP contribution in [0.2, 0.25) is 0 Å². The van der Waals surface area contributed by atoms with E-state index in [4.69, 9.17) is 29.0 Å². The molecule has 0 radical (unpaired) electrons. The van der Waals surface area contributed by atoms with Gasteiger partial charge in [0.25, 0.3) is 5.95 Å². The Labute approximate surface area is 304 Å². The van der Waals surface area contributed by atoms with Crippen molar-refractivity contribution in [3.8, 4) is 17.2 Å². The molecule has 9 rings (SSSR count). The van der Waals surface area contributed by atoms with Crippen molar-refractivity contribution in [2.24, 2.45) is 22.7 Å². The van der Waals surface area contributed by atoms with Gasteiger partial charge in [-0.3, -0.25) is 4.79 Å². The first-order valence-electron chi connectivity index (χ1n) is 18.3. The molecule has 1 aromatic heterocycles. The summed E-state index contributed by atoms with van der Waals surface area (Å²) in [5.74, 6) is -0.611. The molecule has 2 aromatic rings. The molecular weight excluding hydrogens is 660 g/mol. The predicted molar refractivity (Wildman–Crippen MR) is 195 cm³/mol. The summed E-state index contributed by atoms with van der Waals surface area (Å²) in [5.41, 5.74) is 0.915. The zero-order valence-corrected chi connectivity index (χ0v) is 31.5. The normalized spacial score (nSPS) is 32.4. The Morgan fingerprint density at radius 2 is 1.83 bits per heavy atom. The number of methoxy groups -OCH3 is 1. The molecule has 11 heteroatoms. The lowest BCUT2D eigenvalue weighted by Gasteiger charge is -2.63. The Bertz CT molecular complexity index is 2080. The minimum Gasteiger partial charge on any atom is -0.506 e. The number of carbonyl (C=O) groups excluding carboxylic acids is 2. The lowest BCUT2D eigenvalue weighted by atomic mass is 9.45. The van der Waals surface area contributed by atoms with Gasteiger partial charge in [-0.1, -0.05) is 29.4 Å². The number of carbonyl (C=O) groups is 2. The number of esters is 1. The zero-order chi connectivity index (χ0) is 37.1. The topological polar surface area (TPSA) is 134 Å². The van der Waals surface area contributed by atoms with Gasteiger partial charge >= 0.3 is 5.97 Å². The van der Waals surface area contributed by atoms with E-state index in [1.807, 2.05) is 39.8 Å². The van der Waals surface area contributed by atoms with E-state index in [-0.39, 0.29) is 29.8 Å². The molecule has 6 bridgehead atoms. The molecule has 7 aliphatic rings. The first-order valence-corrected chi connectivity index (χ1v) is 18.3. The van der Waals surface area contributed by atoms with E-state index in [1.165, 1.54) is 12.7 Å². The van der Waals surface area contributed by atoms with Gasteiger partial charge in [0, 0.05) is 29.4 Å². The lowest BCUT2D eigenvalue weighted by Crippen LogP contribution is -2.78. The first kappa shape index (κ1) is 34.6. The Morgan fingerprint density at radius 1 is 1.08 bits per heavy atom. The molecule has 5 heterocycles. The smallest absolute Gasteiger partial charge is 0.333 e. The molecule has 1 saturated heterocycles. The SMILES string of the molecule is COC(=O)C(C)=CCC12OC(C)(C)C3CC(C1=O)C1C4C(=Nc5ncn1n5)c1c(O)c5c(c(CC=C(C)C)c1OC432)OC(C)(CCC=C(C)C)C=C5. The van der Waals surface area contributed by atoms with Crippen molar-refractivity contribution >= 4 is 29.5 Å². The van der Waals surface area contributed by atoms with E-state index < -0.39 is 46.3 Å². The summed E-state index contributed by atoms with van der Waals surface area (Å²) in [5, 5.41) is 17.1. The number of fused-ring (bicyclic) bond motifs is 5. The third-order valence-electron chi connectivity index (χ3n) is 12.3. The molecule has 1 aromatic carbocycles. The maximum absolute atomic E-state index is 15.2. The number of benzene rings is 1. The van der Waals surface area contributed by atoms with Gasteiger partial charge in [-0.25, -0.2) is 14.5 Å². The average Bonchev–Trinajstić information content (AvgIpc) is 3.53. The number of rotatable bonds is 8. The predicted octanol–water partition coefficient (Wildman–Crippen LogP) is 7.10. The molecule has 1 N–H and O–H groups in total. The second-order valence-corrected chi connectivity index (χ2v) is 16.6. The second-order valence-electron chi connectivity index (χ2n) is 16.6. The van der Waals surface area contributed by atoms with Crippen LogP contribution in [0.3, 0.4) is 0 Å². The van der Waals surface area contributed by atoms with Gasteiger partial charge in [-0.15, -0.1) is 5.10 Å². The van der Waals surface area contributed by atoms with E-state index in [9.17, 15) is 9.90 Å². The number of hydrogen-bond acceptors (Lipinski definition) is 10. The van der Waals surface area contributed by atoms with Crippen molar-refractivity contribution in [3.63, 3.8) is 0 Å². The number of aliphatic imine (C=N–C) groups is 1. The van der Waals surface area contributed by atoms with E-state index in [0.29, 0.717) is 46.8 Å². The van der Waals surface area contributed by atoms with E-state index in [1.54, 1.807) is 24.0 Å². The number of phenolic OH excluding ortho intramolecular Hbond substituents is 1. The Hall–Kier alpha value is -4.51. The number of ketones is 1. The van der Waals surface area contributed by atoms with Crippen LogP contribution in [0.25, 0.3) is 6.08 Å². The van der Waals surface area contributed by atoms with Gasteiger partial charge in [0.1, 0.15) is 29.2 Å². The van der Waals surface area contributed by atoms with Crippen LogP contribution in [-0.4, -0.2) is 66.8 Å². The highest BCUT2D eigenvalue weighted by atomic mass is 16.6. The van der Waals surface area contributed by atoms with E-state index >= 15 is 4.79 Å². The third kappa shape index (κ3) is 4.63. The molecule has 52 heavy (non-hydrogen) atoms. The van der Waals surface area contributed by atoms with Crippen LogP contribution >= 0.6 is 0 Å². The van der Waals surface area contributed by atoms with Crippen molar-refractivity contribution < 1.29 is 33.6 Å². The molecule has 3 aliphatic carbocycles. The fraction of sp³-hybridized carbons (Fsp3) is 0.537. The summed E-state index contributed by atoms with van der Waals surface area (Å²) < 4.78 is 28.4. The largest absolute Gasteiger partial charge is 0.506 e. The minimum absolute atomic E-state index is 0.00836. The summed E-state index contributed by atoms with van der Waals surface area (Å²) in [6.45, 7) is 16.0. The van der Waals surface area contributed by atoms with Crippen LogP contribution in [0.15, 0.2) is 52.3 Å². The highest BCUT2D eigenvalue weighted by Gasteiger charge is 2.85. The van der Waals surface area contributed by atoms with Crippen LogP contribution < -0.4 is 9.47 Å². The quantitative estimate of drug-likeness (QED) is 0.173. The van der Waals surface area contributed by atoms with Gasteiger partial charge in [0.2, 0.25) is 0 Å². The molecule has 274 valence electrons. The Morgan fingerprint density at radius 3 is 2.54 bits per heavy atom. The summed E-state index contributed by atoms with van der Waals surface area (Å²) in [7, 11) is 1.34. The third-order valence-corrected chi connectivity index (χ3v) is 12.3. The number of phenols is 1. The van der Waals surface area contributed by atoms with Crippen molar-refractivity contribution in [1.29, 1.82) is 0 Å². The molecule has 0 amide bonds. The second kappa shape index (κ2) is 11.5. The molecule has 11 nitrogen and oxygen atoms in total. The summed E-state index contributed by atoms with van der Waals surface area (Å²) in [6.07, 6.45) is 14.3. The van der Waals surface area contributed by atoms with Crippen molar-refractivity contribution in [2.75, 3.05) is 7.11 Å². The van der Waals surface area contributed by atoms with Crippen LogP contribution in [0, 0.1) is 17.8 Å². The fourth-order valence-electron chi connectivity index (χ4n) is 9.98. The fourth-order valence-corrected chi connectivity index (χ4v) is 9.98. The molecule has 1 spiro atoms.